The van der Waals surface area contributed by atoms with Gasteiger partial charge in [0.25, 0.3) is 0 Å². The maximum absolute atomic E-state index is 11.5. The number of nitrogens with zero attached hydrogens (tertiary/aromatic N) is 1. The lowest BCUT2D eigenvalue weighted by molar-refractivity contribution is -0.126. The molecule has 0 heterocycles. The normalized spacial score (nSPS) is 13.8. The Bertz CT molecular complexity index is 223. The minimum atomic E-state index is -1.16. The molecule has 0 aromatic rings. The van der Waals surface area contributed by atoms with Crippen LogP contribution >= 0.6 is 0 Å². The minimum Gasteiger partial charge on any atom is -0.345 e. The van der Waals surface area contributed by atoms with Crippen molar-refractivity contribution in [1.29, 1.82) is 0 Å². The fourth-order valence-electron chi connectivity index (χ4n) is 0.890. The summed E-state index contributed by atoms with van der Waals surface area (Å²) < 4.78 is 11.5. The number of hydrogen-bond donors (Lipinski definition) is 1. The summed E-state index contributed by atoms with van der Waals surface area (Å²) in [6, 6.07) is 0. The predicted molar refractivity (Wildman–Crippen MR) is 59.5 cm³/mol. The van der Waals surface area contributed by atoms with Gasteiger partial charge in [-0.05, 0) is 20.8 Å². The van der Waals surface area contributed by atoms with Crippen molar-refractivity contribution in [3.05, 3.63) is 0 Å². The van der Waals surface area contributed by atoms with E-state index in [1.165, 1.54) is 0 Å². The molecule has 0 aliphatic heterocycles. The molecule has 84 valence electrons. The number of carbonyl (C=O) groups is 1. The average Bonchev–Trinajstić information content (AvgIpc) is 1.99. The molecule has 14 heavy (non-hydrogen) atoms. The lowest BCUT2D eigenvalue weighted by atomic mass is 10.1. The Morgan fingerprint density at radius 2 is 2.00 bits per heavy atom. The monoisotopic (exact) mass is 220 g/mol. The lowest BCUT2D eigenvalue weighted by Gasteiger charge is -2.19. The van der Waals surface area contributed by atoms with Crippen LogP contribution in [0.2, 0.25) is 0 Å². The van der Waals surface area contributed by atoms with Gasteiger partial charge in [-0.3, -0.25) is 9.00 Å². The highest BCUT2D eigenvalue weighted by molar-refractivity contribution is 7.85. The zero-order valence-corrected chi connectivity index (χ0v) is 10.2. The largest absolute Gasteiger partial charge is 0.345 e. The molecular formula is C9H20N2O2S. The molecule has 0 radical (unpaired) electrons. The molecule has 0 rings (SSSR count). The van der Waals surface area contributed by atoms with Crippen LogP contribution in [0.25, 0.3) is 0 Å². The molecule has 0 aromatic carbocycles. The summed E-state index contributed by atoms with van der Waals surface area (Å²) in [5.41, 5.74) is 5.23. The molecule has 2 N–H and O–H groups in total. The first kappa shape index (κ1) is 13.6. The Labute approximate surface area is 88.3 Å². The van der Waals surface area contributed by atoms with E-state index in [2.05, 4.69) is 0 Å². The summed E-state index contributed by atoms with van der Waals surface area (Å²) in [5, 5.41) is 0. The number of rotatable bonds is 5. The molecule has 0 aromatic heterocycles. The molecule has 0 aliphatic rings. The van der Waals surface area contributed by atoms with Gasteiger partial charge in [0.2, 0.25) is 5.91 Å². The van der Waals surface area contributed by atoms with Crippen LogP contribution in [0.3, 0.4) is 0 Å². The Morgan fingerprint density at radius 3 is 2.36 bits per heavy atom. The Hall–Kier alpha value is -0.420. The molecule has 0 saturated carbocycles. The van der Waals surface area contributed by atoms with E-state index in [-0.39, 0.29) is 11.7 Å². The minimum absolute atomic E-state index is 0.0744. The van der Waals surface area contributed by atoms with Crippen LogP contribution in [0, 0.1) is 0 Å². The Balaban J connectivity index is 4.02. The van der Waals surface area contributed by atoms with Crippen molar-refractivity contribution >= 4 is 16.7 Å². The molecular weight excluding hydrogens is 200 g/mol. The van der Waals surface area contributed by atoms with Crippen molar-refractivity contribution in [2.45, 2.75) is 26.3 Å². The fourth-order valence-corrected chi connectivity index (χ4v) is 2.32. The SMILES string of the molecule is CCN(C)C(=O)CS(=O)CC(C)(C)N. The zero-order valence-electron chi connectivity index (χ0n) is 9.37. The fraction of sp³-hybridized carbons (Fsp3) is 0.889. The molecule has 0 fully saturated rings. The summed E-state index contributed by atoms with van der Waals surface area (Å²) >= 11 is 0. The number of carbonyl (C=O) groups excluding carboxylic acids is 1. The first-order valence-corrected chi connectivity index (χ1v) is 6.13. The standard InChI is InChI=1S/C9H20N2O2S/c1-5-11(4)8(12)6-14(13)7-9(2,3)10/h5-7,10H2,1-4H3. The Morgan fingerprint density at radius 1 is 1.50 bits per heavy atom. The van der Waals surface area contributed by atoms with E-state index in [9.17, 15) is 9.00 Å². The highest BCUT2D eigenvalue weighted by atomic mass is 32.2. The summed E-state index contributed by atoms with van der Waals surface area (Å²) in [7, 11) is 0.544. The van der Waals surface area contributed by atoms with Gasteiger partial charge < -0.3 is 10.6 Å². The molecule has 5 heteroatoms. The highest BCUT2D eigenvalue weighted by Gasteiger charge is 2.18. The second kappa shape index (κ2) is 5.46. The van der Waals surface area contributed by atoms with Gasteiger partial charge in [-0.1, -0.05) is 0 Å². The third-order valence-corrected chi connectivity index (χ3v) is 3.35. The van der Waals surface area contributed by atoms with E-state index in [1.54, 1.807) is 25.8 Å². The molecule has 0 aliphatic carbocycles. The predicted octanol–water partition coefficient (Wildman–Crippen LogP) is -0.0493. The number of hydrogen-bond acceptors (Lipinski definition) is 3. The van der Waals surface area contributed by atoms with E-state index in [0.29, 0.717) is 12.3 Å². The summed E-state index contributed by atoms with van der Waals surface area (Å²) in [6.07, 6.45) is 0. The summed E-state index contributed by atoms with van der Waals surface area (Å²) in [5.74, 6) is 0.344. The van der Waals surface area contributed by atoms with Gasteiger partial charge in [0.05, 0.1) is 0 Å². The van der Waals surface area contributed by atoms with Crippen LogP contribution in [-0.4, -0.2) is 45.7 Å². The molecule has 1 atom stereocenters. The van der Waals surface area contributed by atoms with Crippen molar-refractivity contribution in [3.8, 4) is 0 Å². The highest BCUT2D eigenvalue weighted by Crippen LogP contribution is 2.00. The van der Waals surface area contributed by atoms with Crippen molar-refractivity contribution in [3.63, 3.8) is 0 Å². The first-order chi connectivity index (χ1) is 6.26. The van der Waals surface area contributed by atoms with E-state index in [0.717, 1.165) is 0 Å². The van der Waals surface area contributed by atoms with Gasteiger partial charge in [0, 0.05) is 35.7 Å². The van der Waals surface area contributed by atoms with Crippen LogP contribution in [0.15, 0.2) is 0 Å². The van der Waals surface area contributed by atoms with Crippen LogP contribution in [0.5, 0.6) is 0 Å². The van der Waals surface area contributed by atoms with Crippen molar-refractivity contribution in [2.75, 3.05) is 25.1 Å². The Kier molecular flexibility index (Phi) is 5.29. The van der Waals surface area contributed by atoms with Crippen LogP contribution in [0.1, 0.15) is 20.8 Å². The second-order valence-electron chi connectivity index (χ2n) is 4.12. The lowest BCUT2D eigenvalue weighted by Crippen LogP contribution is -2.40. The van der Waals surface area contributed by atoms with E-state index < -0.39 is 16.3 Å². The third kappa shape index (κ3) is 6.10. The van der Waals surface area contributed by atoms with Gasteiger partial charge in [-0.2, -0.15) is 0 Å². The van der Waals surface area contributed by atoms with Gasteiger partial charge in [0.15, 0.2) is 0 Å². The number of amides is 1. The molecule has 0 saturated heterocycles. The van der Waals surface area contributed by atoms with Gasteiger partial charge in [-0.25, -0.2) is 0 Å². The first-order valence-electron chi connectivity index (χ1n) is 4.64. The van der Waals surface area contributed by atoms with Gasteiger partial charge in [0.1, 0.15) is 5.75 Å². The van der Waals surface area contributed by atoms with Crippen LogP contribution < -0.4 is 5.73 Å². The third-order valence-electron chi connectivity index (χ3n) is 1.72. The zero-order chi connectivity index (χ0) is 11.4. The molecule has 0 spiro atoms. The molecule has 0 bridgehead atoms. The maximum Gasteiger partial charge on any atom is 0.234 e. The summed E-state index contributed by atoms with van der Waals surface area (Å²) in [4.78, 5) is 12.9. The summed E-state index contributed by atoms with van der Waals surface area (Å²) in [6.45, 7) is 6.13. The van der Waals surface area contributed by atoms with Crippen molar-refractivity contribution in [1.82, 2.24) is 4.90 Å². The van der Waals surface area contributed by atoms with Crippen LogP contribution in [-0.2, 0) is 15.6 Å². The second-order valence-corrected chi connectivity index (χ2v) is 5.58. The van der Waals surface area contributed by atoms with E-state index in [4.69, 9.17) is 5.73 Å². The smallest absolute Gasteiger partial charge is 0.234 e. The number of nitrogens with two attached hydrogens (primary N) is 1. The molecule has 4 nitrogen and oxygen atoms in total. The van der Waals surface area contributed by atoms with E-state index >= 15 is 0 Å². The molecule has 1 unspecified atom stereocenters. The van der Waals surface area contributed by atoms with Crippen molar-refractivity contribution in [2.24, 2.45) is 5.73 Å². The topological polar surface area (TPSA) is 63.4 Å². The maximum atomic E-state index is 11.5. The average molecular weight is 220 g/mol. The van der Waals surface area contributed by atoms with Crippen LogP contribution in [0.4, 0.5) is 0 Å². The molecule has 1 amide bonds. The van der Waals surface area contributed by atoms with Crippen molar-refractivity contribution < 1.29 is 9.00 Å². The van der Waals surface area contributed by atoms with Gasteiger partial charge in [-0.15, -0.1) is 0 Å². The van der Waals surface area contributed by atoms with E-state index in [1.807, 2.05) is 6.92 Å². The van der Waals surface area contributed by atoms with Gasteiger partial charge >= 0.3 is 0 Å². The quantitative estimate of drug-likeness (QED) is 0.706.